The Bertz CT molecular complexity index is 779. The molecule has 0 aliphatic carbocycles. The van der Waals surface area contributed by atoms with Crippen LogP contribution in [0.2, 0.25) is 0 Å². The van der Waals surface area contributed by atoms with Crippen molar-refractivity contribution in [2.75, 3.05) is 13.2 Å². The van der Waals surface area contributed by atoms with Gasteiger partial charge in [-0.25, -0.2) is 0 Å². The third-order valence-corrected chi connectivity index (χ3v) is 4.79. The van der Waals surface area contributed by atoms with Gasteiger partial charge in [0.25, 0.3) is 0 Å². The zero-order chi connectivity index (χ0) is 26.3. The van der Waals surface area contributed by atoms with Crippen LogP contribution in [0.5, 0.6) is 0 Å². The Hall–Kier alpha value is -2.70. The first-order valence-electron chi connectivity index (χ1n) is 10.9. The lowest BCUT2D eigenvalue weighted by Crippen LogP contribution is -2.56. The zero-order valence-electron chi connectivity index (χ0n) is 19.9. The Balaban J connectivity index is 2.99. The number of halogens is 3. The first kappa shape index (κ1) is 29.3. The van der Waals surface area contributed by atoms with Gasteiger partial charge < -0.3 is 21.3 Å². The summed E-state index contributed by atoms with van der Waals surface area (Å²) in [5.74, 6) is -5.17. The maximum absolute atomic E-state index is 12.9. The normalized spacial score (nSPS) is 18.1. The summed E-state index contributed by atoms with van der Waals surface area (Å²) in [6, 6.07) is -2.70. The van der Waals surface area contributed by atoms with Gasteiger partial charge in [-0.2, -0.15) is 0 Å². The van der Waals surface area contributed by atoms with E-state index in [0.29, 0.717) is 13.0 Å². The van der Waals surface area contributed by atoms with Gasteiger partial charge in [-0.15, -0.1) is 13.2 Å². The minimum Gasteiger partial charge on any atom is -0.356 e. The molecule has 0 saturated carbocycles. The average molecular weight is 495 g/mol. The second kappa shape index (κ2) is 12.1. The maximum atomic E-state index is 12.9. The fourth-order valence-electron chi connectivity index (χ4n) is 3.28. The molecule has 10 nitrogen and oxygen atoms in total. The molecule has 4 amide bonds. The molecule has 0 spiro atoms. The van der Waals surface area contributed by atoms with Gasteiger partial charge in [0.1, 0.15) is 12.6 Å². The van der Waals surface area contributed by atoms with Crippen molar-refractivity contribution >= 4 is 29.4 Å². The Morgan fingerprint density at radius 3 is 2.15 bits per heavy atom. The largest absolute Gasteiger partial charge is 0.522 e. The predicted molar refractivity (Wildman–Crippen MR) is 114 cm³/mol. The molecule has 1 rings (SSSR count). The summed E-state index contributed by atoms with van der Waals surface area (Å²) in [5.41, 5.74) is -0.706. The van der Waals surface area contributed by atoms with E-state index in [1.807, 2.05) is 0 Å². The number of ketones is 1. The van der Waals surface area contributed by atoms with Gasteiger partial charge in [0.2, 0.25) is 11.8 Å². The second-order valence-electron chi connectivity index (χ2n) is 9.63. The molecular weight excluding hydrogens is 461 g/mol. The predicted octanol–water partition coefficient (Wildman–Crippen LogP) is 0.549. The SMILES string of the molecule is CC(C)C[C@H](NC(=O)C(=O)NC(C)(C)C)C(=O)N[C@@H](C[C@@H]1CCNC1=O)C(=O)COC(F)(F)F. The van der Waals surface area contributed by atoms with Crippen molar-refractivity contribution in [1.29, 1.82) is 0 Å². The summed E-state index contributed by atoms with van der Waals surface area (Å²) in [7, 11) is 0. The number of hydrogen-bond donors (Lipinski definition) is 4. The summed E-state index contributed by atoms with van der Waals surface area (Å²) in [4.78, 5) is 61.7. The lowest BCUT2D eigenvalue weighted by molar-refractivity contribution is -0.321. The van der Waals surface area contributed by atoms with Gasteiger partial charge in [-0.3, -0.25) is 28.7 Å². The summed E-state index contributed by atoms with van der Waals surface area (Å²) in [6.45, 7) is 7.48. The molecule has 0 radical (unpaired) electrons. The molecule has 13 heteroatoms. The van der Waals surface area contributed by atoms with Crippen LogP contribution in [-0.2, 0) is 28.7 Å². The van der Waals surface area contributed by atoms with Gasteiger partial charge in [0, 0.05) is 18.0 Å². The molecule has 1 aliphatic rings. The van der Waals surface area contributed by atoms with Crippen molar-refractivity contribution in [2.45, 2.75) is 77.9 Å². The average Bonchev–Trinajstić information content (AvgIpc) is 3.07. The lowest BCUT2D eigenvalue weighted by Gasteiger charge is -2.26. The van der Waals surface area contributed by atoms with E-state index in [1.54, 1.807) is 34.6 Å². The fourth-order valence-corrected chi connectivity index (χ4v) is 3.28. The summed E-state index contributed by atoms with van der Waals surface area (Å²) in [6.07, 6.45) is -4.85. The third kappa shape index (κ3) is 10.9. The van der Waals surface area contributed by atoms with E-state index >= 15 is 0 Å². The molecule has 4 N–H and O–H groups in total. The quantitative estimate of drug-likeness (QED) is 0.327. The van der Waals surface area contributed by atoms with Crippen LogP contribution in [0.3, 0.4) is 0 Å². The monoisotopic (exact) mass is 494 g/mol. The van der Waals surface area contributed by atoms with Gasteiger partial charge in [-0.1, -0.05) is 13.8 Å². The van der Waals surface area contributed by atoms with E-state index < -0.39 is 60.0 Å². The number of Topliss-reactive ketones (excluding diaryl/α,β-unsaturated/α-hetero) is 1. The van der Waals surface area contributed by atoms with E-state index in [9.17, 15) is 37.1 Å². The van der Waals surface area contributed by atoms with E-state index in [0.717, 1.165) is 0 Å². The first-order valence-corrected chi connectivity index (χ1v) is 10.9. The Kier molecular flexibility index (Phi) is 10.5. The highest BCUT2D eigenvalue weighted by Crippen LogP contribution is 2.20. The number of ether oxygens (including phenoxy) is 1. The van der Waals surface area contributed by atoms with E-state index in [2.05, 4.69) is 26.0 Å². The molecule has 0 aromatic carbocycles. The maximum Gasteiger partial charge on any atom is 0.522 e. The number of rotatable bonds is 10. The minimum atomic E-state index is -5.05. The van der Waals surface area contributed by atoms with E-state index in [1.165, 1.54) is 0 Å². The number of hydrogen-bond acceptors (Lipinski definition) is 6. The van der Waals surface area contributed by atoms with Crippen molar-refractivity contribution in [1.82, 2.24) is 21.3 Å². The molecule has 1 fully saturated rings. The number of amides is 4. The number of carbonyl (C=O) groups is 5. The molecule has 1 saturated heterocycles. The topological polar surface area (TPSA) is 143 Å². The Labute approximate surface area is 196 Å². The highest BCUT2D eigenvalue weighted by molar-refractivity contribution is 6.35. The molecule has 0 aromatic heterocycles. The van der Waals surface area contributed by atoms with Gasteiger partial charge in [-0.05, 0) is 46.0 Å². The molecule has 1 aliphatic heterocycles. The smallest absolute Gasteiger partial charge is 0.356 e. The summed E-state index contributed by atoms with van der Waals surface area (Å²) < 4.78 is 40.8. The highest BCUT2D eigenvalue weighted by atomic mass is 19.4. The Morgan fingerprint density at radius 1 is 1.06 bits per heavy atom. The first-order chi connectivity index (χ1) is 15.5. The van der Waals surface area contributed by atoms with Gasteiger partial charge in [0.15, 0.2) is 5.78 Å². The van der Waals surface area contributed by atoms with Crippen LogP contribution in [0.1, 0.15) is 53.9 Å². The molecule has 0 bridgehead atoms. The second-order valence-corrected chi connectivity index (χ2v) is 9.63. The van der Waals surface area contributed by atoms with Crippen LogP contribution in [0, 0.1) is 11.8 Å². The molecule has 0 unspecified atom stereocenters. The highest BCUT2D eigenvalue weighted by Gasteiger charge is 2.36. The molecule has 3 atom stereocenters. The number of alkyl halides is 3. The molecule has 34 heavy (non-hydrogen) atoms. The van der Waals surface area contributed by atoms with Gasteiger partial charge in [0.05, 0.1) is 6.04 Å². The zero-order valence-corrected chi connectivity index (χ0v) is 19.9. The minimum absolute atomic E-state index is 0.0875. The van der Waals surface area contributed by atoms with Crippen LogP contribution < -0.4 is 21.3 Å². The van der Waals surface area contributed by atoms with Crippen molar-refractivity contribution in [3.05, 3.63) is 0 Å². The van der Waals surface area contributed by atoms with Crippen molar-refractivity contribution in [2.24, 2.45) is 11.8 Å². The fraction of sp³-hybridized carbons (Fsp3) is 0.762. The van der Waals surface area contributed by atoms with Gasteiger partial charge >= 0.3 is 18.2 Å². The molecular formula is C21H33F3N4O6. The summed E-state index contributed by atoms with van der Waals surface area (Å²) in [5, 5.41) is 9.65. The number of nitrogens with one attached hydrogen (secondary N) is 4. The molecule has 194 valence electrons. The summed E-state index contributed by atoms with van der Waals surface area (Å²) >= 11 is 0. The van der Waals surface area contributed by atoms with Crippen LogP contribution in [0.25, 0.3) is 0 Å². The van der Waals surface area contributed by atoms with Crippen molar-refractivity contribution in [3.8, 4) is 0 Å². The Morgan fingerprint density at radius 2 is 1.68 bits per heavy atom. The molecule has 1 heterocycles. The van der Waals surface area contributed by atoms with E-state index in [-0.39, 0.29) is 24.7 Å². The van der Waals surface area contributed by atoms with Crippen LogP contribution >= 0.6 is 0 Å². The van der Waals surface area contributed by atoms with E-state index in [4.69, 9.17) is 0 Å². The van der Waals surface area contributed by atoms with Crippen LogP contribution in [0.15, 0.2) is 0 Å². The third-order valence-electron chi connectivity index (χ3n) is 4.79. The number of carbonyl (C=O) groups excluding carboxylic acids is 5. The molecule has 0 aromatic rings. The van der Waals surface area contributed by atoms with Crippen LogP contribution in [0.4, 0.5) is 13.2 Å². The lowest BCUT2D eigenvalue weighted by atomic mass is 9.95. The van der Waals surface area contributed by atoms with Crippen molar-refractivity contribution < 1.29 is 41.9 Å². The van der Waals surface area contributed by atoms with Crippen LogP contribution in [-0.4, -0.2) is 66.5 Å². The van der Waals surface area contributed by atoms with Crippen molar-refractivity contribution in [3.63, 3.8) is 0 Å². The standard InChI is InChI=1S/C21H33F3N4O6/c1-11(2)8-14(27-18(32)19(33)28-20(3,4)5)17(31)26-13(9-12-6-7-25-16(12)30)15(29)10-34-21(22,23)24/h11-14H,6-10H2,1-5H3,(H,25,30)(H,26,31)(H,27,32)(H,28,33)/t12-,13-,14-/m0/s1.